The fourth-order valence-corrected chi connectivity index (χ4v) is 3.87. The minimum absolute atomic E-state index is 0.0819. The number of aliphatic hydroxyl groups excluding tert-OH is 1. The van der Waals surface area contributed by atoms with E-state index in [-0.39, 0.29) is 30.8 Å². The number of ether oxygens (including phenoxy) is 1. The molecule has 27 heavy (non-hydrogen) atoms. The molecule has 2 heterocycles. The molecule has 0 aromatic heterocycles. The SMILES string of the molecule is CC(=O)NCC1OC(=O)N2c3ccc(-c4ccc(CCO)cc4)cc3CC12. The highest BCUT2D eigenvalue weighted by Gasteiger charge is 2.47. The summed E-state index contributed by atoms with van der Waals surface area (Å²) in [6.07, 6.45) is 0.672. The number of carbonyl (C=O) groups excluding carboxylic acids is 2. The number of anilines is 1. The van der Waals surface area contributed by atoms with Gasteiger partial charge in [-0.25, -0.2) is 4.79 Å². The zero-order valence-corrected chi connectivity index (χ0v) is 15.1. The second-order valence-corrected chi connectivity index (χ2v) is 7.01. The quantitative estimate of drug-likeness (QED) is 0.851. The van der Waals surface area contributed by atoms with Crippen molar-refractivity contribution < 1.29 is 19.4 Å². The molecule has 0 radical (unpaired) electrons. The van der Waals surface area contributed by atoms with Gasteiger partial charge in [-0.1, -0.05) is 30.3 Å². The van der Waals surface area contributed by atoms with Gasteiger partial charge in [0.05, 0.1) is 18.3 Å². The average molecular weight is 366 g/mol. The van der Waals surface area contributed by atoms with Crippen molar-refractivity contribution in [2.24, 2.45) is 0 Å². The molecule has 6 heteroatoms. The Labute approximate surface area is 157 Å². The van der Waals surface area contributed by atoms with E-state index >= 15 is 0 Å². The molecule has 2 unspecified atom stereocenters. The van der Waals surface area contributed by atoms with Crippen molar-refractivity contribution >= 4 is 17.7 Å². The van der Waals surface area contributed by atoms with Crippen LogP contribution >= 0.6 is 0 Å². The van der Waals surface area contributed by atoms with E-state index in [1.165, 1.54) is 6.92 Å². The fraction of sp³-hybridized carbons (Fsp3) is 0.333. The average Bonchev–Trinajstić information content (AvgIpc) is 3.18. The summed E-state index contributed by atoms with van der Waals surface area (Å²) in [4.78, 5) is 25.2. The van der Waals surface area contributed by atoms with Gasteiger partial charge in [-0.05, 0) is 47.2 Å². The lowest BCUT2D eigenvalue weighted by atomic mass is 9.99. The number of carbonyl (C=O) groups is 2. The molecular weight excluding hydrogens is 344 g/mol. The predicted molar refractivity (Wildman–Crippen MR) is 102 cm³/mol. The van der Waals surface area contributed by atoms with Crippen LogP contribution in [0.5, 0.6) is 0 Å². The zero-order chi connectivity index (χ0) is 19.0. The van der Waals surface area contributed by atoms with Crippen LogP contribution in [0, 0.1) is 0 Å². The fourth-order valence-electron chi connectivity index (χ4n) is 3.87. The molecule has 2 aliphatic heterocycles. The highest BCUT2D eigenvalue weighted by Crippen LogP contribution is 2.40. The molecule has 2 atom stereocenters. The lowest BCUT2D eigenvalue weighted by Crippen LogP contribution is -2.40. The van der Waals surface area contributed by atoms with Crippen LogP contribution in [0.4, 0.5) is 10.5 Å². The molecule has 0 spiro atoms. The first-order valence-corrected chi connectivity index (χ1v) is 9.14. The molecule has 0 aliphatic carbocycles. The van der Waals surface area contributed by atoms with Crippen molar-refractivity contribution in [2.75, 3.05) is 18.1 Å². The summed E-state index contributed by atoms with van der Waals surface area (Å²) in [7, 11) is 0. The number of nitrogens with zero attached hydrogens (tertiary/aromatic N) is 1. The maximum absolute atomic E-state index is 12.3. The van der Waals surface area contributed by atoms with Gasteiger partial charge in [0.15, 0.2) is 0 Å². The Morgan fingerprint density at radius 3 is 2.67 bits per heavy atom. The maximum atomic E-state index is 12.3. The molecule has 0 bridgehead atoms. The van der Waals surface area contributed by atoms with Gasteiger partial charge in [0.2, 0.25) is 5.91 Å². The van der Waals surface area contributed by atoms with E-state index in [1.807, 2.05) is 24.3 Å². The minimum atomic E-state index is -0.352. The molecule has 2 amide bonds. The molecule has 1 saturated heterocycles. The van der Waals surface area contributed by atoms with Gasteiger partial charge < -0.3 is 15.2 Å². The number of fused-ring (bicyclic) bond motifs is 3. The first kappa shape index (κ1) is 17.5. The van der Waals surface area contributed by atoms with Crippen molar-refractivity contribution in [3.8, 4) is 11.1 Å². The minimum Gasteiger partial charge on any atom is -0.442 e. The lowest BCUT2D eigenvalue weighted by molar-refractivity contribution is -0.119. The number of amides is 2. The van der Waals surface area contributed by atoms with Gasteiger partial charge in [0, 0.05) is 13.5 Å². The van der Waals surface area contributed by atoms with Gasteiger partial charge in [-0.3, -0.25) is 9.69 Å². The smallest absolute Gasteiger partial charge is 0.415 e. The van der Waals surface area contributed by atoms with E-state index in [9.17, 15) is 9.59 Å². The van der Waals surface area contributed by atoms with Crippen LogP contribution in [0.2, 0.25) is 0 Å². The second-order valence-electron chi connectivity index (χ2n) is 7.01. The first-order chi connectivity index (χ1) is 13.1. The molecule has 2 aliphatic rings. The third-order valence-electron chi connectivity index (χ3n) is 5.22. The summed E-state index contributed by atoms with van der Waals surface area (Å²) < 4.78 is 5.44. The highest BCUT2D eigenvalue weighted by atomic mass is 16.6. The summed E-state index contributed by atoms with van der Waals surface area (Å²) in [5.74, 6) is -0.132. The van der Waals surface area contributed by atoms with Crippen LogP contribution in [0.3, 0.4) is 0 Å². The maximum Gasteiger partial charge on any atom is 0.415 e. The van der Waals surface area contributed by atoms with Gasteiger partial charge >= 0.3 is 6.09 Å². The van der Waals surface area contributed by atoms with Crippen molar-refractivity contribution in [3.05, 3.63) is 53.6 Å². The Bertz CT molecular complexity index is 878. The summed E-state index contributed by atoms with van der Waals surface area (Å²) >= 11 is 0. The zero-order valence-electron chi connectivity index (χ0n) is 15.1. The molecule has 0 saturated carbocycles. The Kier molecular flexibility index (Phi) is 4.58. The summed E-state index contributed by atoms with van der Waals surface area (Å²) in [6, 6.07) is 14.2. The molecular formula is C21H22N2O4. The van der Waals surface area contributed by atoms with Crippen molar-refractivity contribution in [2.45, 2.75) is 31.9 Å². The molecule has 2 aromatic carbocycles. The monoisotopic (exact) mass is 366 g/mol. The van der Waals surface area contributed by atoms with E-state index in [1.54, 1.807) is 4.90 Å². The summed E-state index contributed by atoms with van der Waals surface area (Å²) in [6.45, 7) is 1.93. The molecule has 2 aromatic rings. The lowest BCUT2D eigenvalue weighted by Gasteiger charge is -2.16. The number of aliphatic hydroxyl groups is 1. The molecule has 140 valence electrons. The number of nitrogens with one attached hydrogen (secondary N) is 1. The van der Waals surface area contributed by atoms with E-state index in [0.717, 1.165) is 27.9 Å². The third kappa shape index (κ3) is 3.28. The van der Waals surface area contributed by atoms with Crippen LogP contribution in [0.15, 0.2) is 42.5 Å². The third-order valence-corrected chi connectivity index (χ3v) is 5.22. The van der Waals surface area contributed by atoms with E-state index < -0.39 is 0 Å². The van der Waals surface area contributed by atoms with Crippen LogP contribution in [-0.2, 0) is 22.4 Å². The van der Waals surface area contributed by atoms with E-state index in [0.29, 0.717) is 19.4 Å². The van der Waals surface area contributed by atoms with Gasteiger partial charge in [-0.15, -0.1) is 0 Å². The van der Waals surface area contributed by atoms with Crippen LogP contribution in [0.1, 0.15) is 18.1 Å². The van der Waals surface area contributed by atoms with Crippen LogP contribution in [0.25, 0.3) is 11.1 Å². The van der Waals surface area contributed by atoms with E-state index in [2.05, 4.69) is 23.5 Å². The summed E-state index contributed by atoms with van der Waals surface area (Å²) in [5.41, 5.74) is 5.30. The second kappa shape index (κ2) is 7.04. The van der Waals surface area contributed by atoms with Crippen molar-refractivity contribution in [3.63, 3.8) is 0 Å². The molecule has 2 N–H and O–H groups in total. The highest BCUT2D eigenvalue weighted by molar-refractivity contribution is 5.94. The largest absolute Gasteiger partial charge is 0.442 e. The molecule has 1 fully saturated rings. The number of cyclic esters (lactones) is 1. The Morgan fingerprint density at radius 2 is 1.96 bits per heavy atom. The van der Waals surface area contributed by atoms with Crippen LogP contribution < -0.4 is 10.2 Å². The van der Waals surface area contributed by atoms with Crippen LogP contribution in [-0.4, -0.2) is 42.4 Å². The topological polar surface area (TPSA) is 78.9 Å². The van der Waals surface area contributed by atoms with Gasteiger partial charge in [0.25, 0.3) is 0 Å². The first-order valence-electron chi connectivity index (χ1n) is 9.14. The van der Waals surface area contributed by atoms with Crippen molar-refractivity contribution in [1.82, 2.24) is 5.32 Å². The van der Waals surface area contributed by atoms with Gasteiger partial charge in [0.1, 0.15) is 6.10 Å². The summed E-state index contributed by atoms with van der Waals surface area (Å²) in [5, 5.41) is 11.8. The number of hydrogen-bond donors (Lipinski definition) is 2. The predicted octanol–water partition coefficient (Wildman–Crippen LogP) is 2.27. The number of rotatable bonds is 5. The number of hydrogen-bond acceptors (Lipinski definition) is 4. The Hall–Kier alpha value is -2.86. The van der Waals surface area contributed by atoms with Gasteiger partial charge in [-0.2, -0.15) is 0 Å². The van der Waals surface area contributed by atoms with Crippen molar-refractivity contribution in [1.29, 1.82) is 0 Å². The molecule has 4 rings (SSSR count). The Balaban J connectivity index is 1.56. The molecule has 6 nitrogen and oxygen atoms in total. The Morgan fingerprint density at radius 1 is 1.22 bits per heavy atom. The normalized spacial score (nSPS) is 20.2. The number of benzene rings is 2. The van der Waals surface area contributed by atoms with E-state index in [4.69, 9.17) is 9.84 Å². The standard InChI is InChI=1S/C21H22N2O4/c1-13(25)22-12-20-19-11-17-10-16(6-7-18(17)23(19)21(26)27-20)15-4-2-14(3-5-15)8-9-24/h2-7,10,19-20,24H,8-9,11-12H2,1H3,(H,22,25).